The summed E-state index contributed by atoms with van der Waals surface area (Å²) in [7, 11) is 0. The Morgan fingerprint density at radius 1 is 1.30 bits per heavy atom. The topological polar surface area (TPSA) is 20.3 Å². The zero-order valence-electron chi connectivity index (χ0n) is 10.3. The molecule has 0 atom stereocenters. The molecule has 0 unspecified atom stereocenters. The maximum absolute atomic E-state index is 13.5. The molecule has 1 aromatic rings. The minimum atomic E-state index is -4.74. The van der Waals surface area contributed by atoms with Gasteiger partial charge in [-0.2, -0.15) is 8.78 Å². The van der Waals surface area contributed by atoms with Gasteiger partial charge in [-0.05, 0) is 18.9 Å². The Hall–Kier alpha value is -1.66. The van der Waals surface area contributed by atoms with Crippen molar-refractivity contribution in [3.8, 4) is 0 Å². The number of hydrogen-bond acceptors (Lipinski definition) is 1. The van der Waals surface area contributed by atoms with Crippen LogP contribution in [0.5, 0.6) is 0 Å². The fourth-order valence-corrected chi connectivity index (χ4v) is 1.85. The Labute approximate surface area is 112 Å². The van der Waals surface area contributed by atoms with E-state index in [0.717, 1.165) is 6.07 Å². The molecule has 1 amide bonds. The van der Waals surface area contributed by atoms with Crippen LogP contribution in [0.1, 0.15) is 18.4 Å². The van der Waals surface area contributed by atoms with E-state index >= 15 is 0 Å². The van der Waals surface area contributed by atoms with Crippen molar-refractivity contribution in [2.75, 3.05) is 0 Å². The number of benzene rings is 1. The number of carbonyl (C=O) groups excluding carboxylic acids is 1. The Morgan fingerprint density at radius 3 is 2.40 bits per heavy atom. The van der Waals surface area contributed by atoms with Crippen molar-refractivity contribution in [1.29, 1.82) is 0 Å². The lowest BCUT2D eigenvalue weighted by molar-refractivity contribution is -0.181. The number of alkyl halides is 4. The molecule has 110 valence electrons. The molecular weight excluding hydrogens is 281 g/mol. The molecule has 0 N–H and O–H groups in total. The van der Waals surface area contributed by atoms with E-state index in [9.17, 15) is 26.7 Å². The van der Waals surface area contributed by atoms with Crippen LogP contribution in [0, 0.1) is 5.82 Å². The number of amides is 1. The van der Waals surface area contributed by atoms with Gasteiger partial charge in [-0.15, -0.1) is 0 Å². The van der Waals surface area contributed by atoms with Gasteiger partial charge in [-0.1, -0.05) is 18.2 Å². The Bertz CT molecular complexity index is 501. The number of halogens is 5. The zero-order valence-corrected chi connectivity index (χ0v) is 10.3. The molecule has 7 heteroatoms. The van der Waals surface area contributed by atoms with Crippen LogP contribution in [0.4, 0.5) is 22.0 Å². The molecule has 1 aliphatic rings. The summed E-state index contributed by atoms with van der Waals surface area (Å²) in [4.78, 5) is 12.2. The SMILES string of the molecule is O=C(N(Cc1ccccc1F)C1CC1)C(F)(F)C(F)F. The highest BCUT2D eigenvalue weighted by Gasteiger charge is 2.53. The summed E-state index contributed by atoms with van der Waals surface area (Å²) in [6.07, 6.45) is -3.16. The molecule has 0 radical (unpaired) electrons. The third-order valence-corrected chi connectivity index (χ3v) is 3.11. The van der Waals surface area contributed by atoms with Gasteiger partial charge < -0.3 is 4.90 Å². The monoisotopic (exact) mass is 293 g/mol. The fourth-order valence-electron chi connectivity index (χ4n) is 1.85. The van der Waals surface area contributed by atoms with E-state index in [0.29, 0.717) is 17.7 Å². The van der Waals surface area contributed by atoms with Gasteiger partial charge in [0.2, 0.25) is 0 Å². The summed E-state index contributed by atoms with van der Waals surface area (Å²) in [5.74, 6) is -7.35. The Kier molecular flexibility index (Phi) is 3.96. The Morgan fingerprint density at radius 2 is 1.90 bits per heavy atom. The van der Waals surface area contributed by atoms with E-state index in [1.54, 1.807) is 0 Å². The maximum atomic E-state index is 13.5. The average molecular weight is 293 g/mol. The van der Waals surface area contributed by atoms with E-state index in [-0.39, 0.29) is 5.56 Å². The summed E-state index contributed by atoms with van der Waals surface area (Å²) in [6, 6.07) is 4.83. The van der Waals surface area contributed by atoms with Crippen LogP contribution in [-0.4, -0.2) is 29.2 Å². The van der Waals surface area contributed by atoms with Gasteiger partial charge in [-0.3, -0.25) is 4.79 Å². The van der Waals surface area contributed by atoms with Gasteiger partial charge >= 0.3 is 12.3 Å². The number of hydrogen-bond donors (Lipinski definition) is 0. The van der Waals surface area contributed by atoms with Crippen molar-refractivity contribution in [3.63, 3.8) is 0 Å². The average Bonchev–Trinajstić information content (AvgIpc) is 3.21. The first-order valence-electron chi connectivity index (χ1n) is 6.04. The minimum absolute atomic E-state index is 0.0258. The van der Waals surface area contributed by atoms with Gasteiger partial charge in [0.25, 0.3) is 5.91 Å². The summed E-state index contributed by atoms with van der Waals surface area (Å²) in [6.45, 7) is -0.432. The second-order valence-electron chi connectivity index (χ2n) is 4.68. The highest BCUT2D eigenvalue weighted by Crippen LogP contribution is 2.34. The molecule has 0 bridgehead atoms. The first-order valence-corrected chi connectivity index (χ1v) is 6.04. The molecule has 0 spiro atoms. The van der Waals surface area contributed by atoms with E-state index < -0.39 is 36.7 Å². The number of nitrogens with zero attached hydrogens (tertiary/aromatic N) is 1. The van der Waals surface area contributed by atoms with Crippen molar-refractivity contribution in [3.05, 3.63) is 35.6 Å². The lowest BCUT2D eigenvalue weighted by Crippen LogP contribution is -2.48. The smallest absolute Gasteiger partial charge is 0.330 e. The molecule has 2 nitrogen and oxygen atoms in total. The van der Waals surface area contributed by atoms with E-state index in [2.05, 4.69) is 0 Å². The summed E-state index contributed by atoms with van der Waals surface area (Å²) >= 11 is 0. The van der Waals surface area contributed by atoms with Crippen LogP contribution in [0.2, 0.25) is 0 Å². The predicted octanol–water partition coefficient (Wildman–Crippen LogP) is 3.22. The lowest BCUT2D eigenvalue weighted by atomic mass is 10.1. The van der Waals surface area contributed by atoms with Crippen molar-refractivity contribution in [2.24, 2.45) is 0 Å². The van der Waals surface area contributed by atoms with Crippen molar-refractivity contribution in [2.45, 2.75) is 37.8 Å². The molecule has 0 saturated heterocycles. The molecule has 1 fully saturated rings. The molecule has 0 aromatic heterocycles. The molecule has 1 saturated carbocycles. The molecule has 1 aliphatic carbocycles. The second-order valence-corrected chi connectivity index (χ2v) is 4.68. The highest BCUT2D eigenvalue weighted by molar-refractivity contribution is 5.84. The van der Waals surface area contributed by atoms with E-state index in [4.69, 9.17) is 0 Å². The van der Waals surface area contributed by atoms with Crippen LogP contribution in [-0.2, 0) is 11.3 Å². The highest BCUT2D eigenvalue weighted by atomic mass is 19.3. The van der Waals surface area contributed by atoms with Gasteiger partial charge in [0.1, 0.15) is 5.82 Å². The minimum Gasteiger partial charge on any atom is -0.330 e. The zero-order chi connectivity index (χ0) is 14.9. The summed E-state index contributed by atoms with van der Waals surface area (Å²) in [5.41, 5.74) is 0.0258. The first kappa shape index (κ1) is 14.7. The van der Waals surface area contributed by atoms with Gasteiger partial charge in [0.05, 0.1) is 0 Å². The van der Waals surface area contributed by atoms with Crippen LogP contribution in [0.3, 0.4) is 0 Å². The molecule has 20 heavy (non-hydrogen) atoms. The quantitative estimate of drug-likeness (QED) is 0.763. The van der Waals surface area contributed by atoms with Crippen molar-refractivity contribution in [1.82, 2.24) is 4.90 Å². The third-order valence-electron chi connectivity index (χ3n) is 3.11. The van der Waals surface area contributed by atoms with Crippen LogP contribution < -0.4 is 0 Å². The largest absolute Gasteiger partial charge is 0.383 e. The van der Waals surface area contributed by atoms with E-state index in [1.165, 1.54) is 18.2 Å². The molecule has 0 aliphatic heterocycles. The lowest BCUT2D eigenvalue weighted by Gasteiger charge is -2.26. The second kappa shape index (κ2) is 5.38. The van der Waals surface area contributed by atoms with Crippen molar-refractivity contribution >= 4 is 5.91 Å². The summed E-state index contributed by atoms with van der Waals surface area (Å²) < 4.78 is 64.3. The third kappa shape index (κ3) is 2.91. The van der Waals surface area contributed by atoms with Gasteiger partial charge in [-0.25, -0.2) is 13.2 Å². The van der Waals surface area contributed by atoms with Crippen LogP contribution in [0.25, 0.3) is 0 Å². The Balaban J connectivity index is 2.20. The first-order chi connectivity index (χ1) is 9.34. The standard InChI is InChI=1S/C13H12F5NO/c14-10-4-2-1-3-8(10)7-19(9-5-6-9)12(20)13(17,18)11(15)16/h1-4,9,11H,5-7H2. The molecule has 0 heterocycles. The molecule has 2 rings (SSSR count). The molecule has 1 aromatic carbocycles. The fraction of sp³-hybridized carbons (Fsp3) is 0.462. The predicted molar refractivity (Wildman–Crippen MR) is 60.9 cm³/mol. The number of carbonyl (C=O) groups is 1. The number of rotatable bonds is 5. The van der Waals surface area contributed by atoms with Crippen LogP contribution >= 0.6 is 0 Å². The van der Waals surface area contributed by atoms with Gasteiger partial charge in [0, 0.05) is 18.2 Å². The van der Waals surface area contributed by atoms with Gasteiger partial charge in [0.15, 0.2) is 0 Å². The van der Waals surface area contributed by atoms with Crippen molar-refractivity contribution < 1.29 is 26.7 Å². The van der Waals surface area contributed by atoms with E-state index in [1.807, 2.05) is 0 Å². The summed E-state index contributed by atoms with van der Waals surface area (Å²) in [5, 5.41) is 0. The normalized spacial score (nSPS) is 15.5. The van der Waals surface area contributed by atoms with Crippen LogP contribution in [0.15, 0.2) is 24.3 Å². The maximum Gasteiger partial charge on any atom is 0.383 e. The molecular formula is C13H12F5NO.